The second-order valence-corrected chi connectivity index (χ2v) is 4.76. The van der Waals surface area contributed by atoms with Crippen LogP contribution in [0.1, 0.15) is 11.1 Å². The Labute approximate surface area is 123 Å². The van der Waals surface area contributed by atoms with Gasteiger partial charge in [-0.25, -0.2) is 0 Å². The molecule has 0 aliphatic rings. The summed E-state index contributed by atoms with van der Waals surface area (Å²) in [4.78, 5) is 0. The Balaban J connectivity index is 1.69. The molecule has 1 aromatic carbocycles. The van der Waals surface area contributed by atoms with Crippen LogP contribution in [0.5, 0.6) is 5.75 Å². The summed E-state index contributed by atoms with van der Waals surface area (Å²) in [5, 5.41) is 25.8. The topological polar surface area (TPSA) is 83.1 Å². The fourth-order valence-corrected chi connectivity index (χ4v) is 1.85. The van der Waals surface area contributed by atoms with Crippen LogP contribution in [0.15, 0.2) is 36.7 Å². The van der Waals surface area contributed by atoms with Crippen LogP contribution in [0.4, 0.5) is 0 Å². The van der Waals surface area contributed by atoms with Crippen LogP contribution >= 0.6 is 0 Å². The molecule has 6 nitrogen and oxygen atoms in total. The van der Waals surface area contributed by atoms with Gasteiger partial charge in [-0.3, -0.25) is 4.68 Å². The van der Waals surface area contributed by atoms with Crippen LogP contribution in [-0.2, 0) is 13.6 Å². The summed E-state index contributed by atoms with van der Waals surface area (Å²) in [5.74, 6) is 0.584. The van der Waals surface area contributed by atoms with E-state index in [2.05, 4.69) is 10.4 Å². The molecular weight excluding hydrogens is 268 g/mol. The van der Waals surface area contributed by atoms with Gasteiger partial charge in [0.05, 0.1) is 17.8 Å². The average Bonchev–Trinajstić information content (AvgIpc) is 2.91. The lowest BCUT2D eigenvalue weighted by molar-refractivity contribution is 0.106. The van der Waals surface area contributed by atoms with E-state index in [9.17, 15) is 5.11 Å². The SMILES string of the molecule is Cn1cc(CNCC(O)COc2cccc(C#N)c2)cn1. The Kier molecular flexibility index (Phi) is 5.32. The highest BCUT2D eigenvalue weighted by Gasteiger charge is 2.06. The molecule has 2 aromatic rings. The predicted molar refractivity (Wildman–Crippen MR) is 77.6 cm³/mol. The van der Waals surface area contributed by atoms with E-state index in [4.69, 9.17) is 10.00 Å². The molecule has 1 heterocycles. The summed E-state index contributed by atoms with van der Waals surface area (Å²) in [6.07, 6.45) is 3.08. The molecule has 2 rings (SSSR count). The highest BCUT2D eigenvalue weighted by atomic mass is 16.5. The number of nitriles is 1. The van der Waals surface area contributed by atoms with E-state index in [1.165, 1.54) is 0 Å². The second-order valence-electron chi connectivity index (χ2n) is 4.76. The first-order valence-electron chi connectivity index (χ1n) is 6.66. The predicted octanol–water partition coefficient (Wildman–Crippen LogP) is 0.821. The van der Waals surface area contributed by atoms with Gasteiger partial charge in [0, 0.05) is 31.9 Å². The lowest BCUT2D eigenvalue weighted by atomic mass is 10.2. The largest absolute Gasteiger partial charge is 0.491 e. The van der Waals surface area contributed by atoms with Gasteiger partial charge < -0.3 is 15.2 Å². The number of aliphatic hydroxyl groups excluding tert-OH is 1. The standard InChI is InChI=1S/C15H18N4O2/c1-19-10-13(8-18-19)7-17-9-14(20)11-21-15-4-2-3-12(5-15)6-16/h2-5,8,10,14,17,20H,7,9,11H2,1H3. The number of aryl methyl sites for hydroxylation is 1. The lowest BCUT2D eigenvalue weighted by Gasteiger charge is -2.13. The van der Waals surface area contributed by atoms with Crippen molar-refractivity contribution in [1.82, 2.24) is 15.1 Å². The Hall–Kier alpha value is -2.36. The number of nitrogens with zero attached hydrogens (tertiary/aromatic N) is 3. The first kappa shape index (κ1) is 15.0. The van der Waals surface area contributed by atoms with Crippen LogP contribution in [0.3, 0.4) is 0 Å². The number of aliphatic hydroxyl groups is 1. The summed E-state index contributed by atoms with van der Waals surface area (Å²) in [7, 11) is 1.86. The van der Waals surface area contributed by atoms with Crippen molar-refractivity contribution >= 4 is 0 Å². The molecule has 0 bridgehead atoms. The fourth-order valence-electron chi connectivity index (χ4n) is 1.85. The monoisotopic (exact) mass is 286 g/mol. The molecule has 0 saturated carbocycles. The number of hydrogen-bond donors (Lipinski definition) is 2. The number of benzene rings is 1. The molecule has 0 saturated heterocycles. The number of nitrogens with one attached hydrogen (secondary N) is 1. The maximum atomic E-state index is 9.85. The number of rotatable bonds is 7. The highest BCUT2D eigenvalue weighted by Crippen LogP contribution is 2.12. The minimum absolute atomic E-state index is 0.176. The van der Waals surface area contributed by atoms with Crippen LogP contribution in [0.25, 0.3) is 0 Å². The quantitative estimate of drug-likeness (QED) is 0.787. The van der Waals surface area contributed by atoms with Gasteiger partial charge in [-0.1, -0.05) is 6.07 Å². The molecule has 1 aromatic heterocycles. The minimum atomic E-state index is -0.618. The van der Waals surface area contributed by atoms with E-state index in [0.717, 1.165) is 5.56 Å². The zero-order valence-electron chi connectivity index (χ0n) is 11.9. The van der Waals surface area contributed by atoms with Crippen LogP contribution in [-0.4, -0.2) is 34.1 Å². The van der Waals surface area contributed by atoms with Gasteiger partial charge in [-0.05, 0) is 18.2 Å². The number of hydrogen-bond acceptors (Lipinski definition) is 5. The van der Waals surface area contributed by atoms with Crippen LogP contribution in [0.2, 0.25) is 0 Å². The van der Waals surface area contributed by atoms with Crippen molar-refractivity contribution in [1.29, 1.82) is 5.26 Å². The molecule has 0 radical (unpaired) electrons. The zero-order valence-corrected chi connectivity index (χ0v) is 11.9. The number of aromatic nitrogens is 2. The normalized spacial score (nSPS) is 11.9. The van der Waals surface area contributed by atoms with E-state index < -0.39 is 6.10 Å². The third kappa shape index (κ3) is 4.91. The summed E-state index contributed by atoms with van der Waals surface area (Å²) in [6.45, 7) is 1.25. The molecule has 110 valence electrons. The van der Waals surface area contributed by atoms with Gasteiger partial charge in [-0.15, -0.1) is 0 Å². The summed E-state index contributed by atoms with van der Waals surface area (Å²) in [5.41, 5.74) is 1.60. The minimum Gasteiger partial charge on any atom is -0.491 e. The van der Waals surface area contributed by atoms with E-state index in [0.29, 0.717) is 24.4 Å². The van der Waals surface area contributed by atoms with Crippen molar-refractivity contribution in [3.05, 3.63) is 47.8 Å². The molecule has 0 fully saturated rings. The maximum Gasteiger partial charge on any atom is 0.120 e. The van der Waals surface area contributed by atoms with Crippen molar-refractivity contribution in [3.63, 3.8) is 0 Å². The van der Waals surface area contributed by atoms with Gasteiger partial charge in [-0.2, -0.15) is 10.4 Å². The third-order valence-corrected chi connectivity index (χ3v) is 2.87. The first-order valence-corrected chi connectivity index (χ1v) is 6.66. The second kappa shape index (κ2) is 7.43. The lowest BCUT2D eigenvalue weighted by Crippen LogP contribution is -2.31. The molecular formula is C15H18N4O2. The fraction of sp³-hybridized carbons (Fsp3) is 0.333. The average molecular weight is 286 g/mol. The molecule has 0 aliphatic heterocycles. The smallest absolute Gasteiger partial charge is 0.120 e. The van der Waals surface area contributed by atoms with Gasteiger partial charge in [0.25, 0.3) is 0 Å². The zero-order chi connectivity index (χ0) is 15.1. The molecule has 0 spiro atoms. The van der Waals surface area contributed by atoms with E-state index in [1.54, 1.807) is 35.1 Å². The van der Waals surface area contributed by atoms with Gasteiger partial charge >= 0.3 is 0 Å². The summed E-state index contributed by atoms with van der Waals surface area (Å²) < 4.78 is 7.19. The Morgan fingerprint density at radius 2 is 2.38 bits per heavy atom. The molecule has 2 N–H and O–H groups in total. The molecule has 1 atom stereocenters. The summed E-state index contributed by atoms with van der Waals surface area (Å²) >= 11 is 0. The van der Waals surface area contributed by atoms with E-state index in [1.807, 2.05) is 19.3 Å². The molecule has 21 heavy (non-hydrogen) atoms. The molecule has 6 heteroatoms. The van der Waals surface area contributed by atoms with E-state index in [-0.39, 0.29) is 6.61 Å². The third-order valence-electron chi connectivity index (χ3n) is 2.87. The van der Waals surface area contributed by atoms with Crippen molar-refractivity contribution in [2.75, 3.05) is 13.2 Å². The Morgan fingerprint density at radius 1 is 1.52 bits per heavy atom. The van der Waals surface area contributed by atoms with Crippen LogP contribution in [0, 0.1) is 11.3 Å². The maximum absolute atomic E-state index is 9.85. The molecule has 0 aliphatic carbocycles. The number of ether oxygens (including phenoxy) is 1. The van der Waals surface area contributed by atoms with Gasteiger partial charge in [0.15, 0.2) is 0 Å². The van der Waals surface area contributed by atoms with Gasteiger partial charge in [0.1, 0.15) is 18.5 Å². The highest BCUT2D eigenvalue weighted by molar-refractivity contribution is 5.36. The van der Waals surface area contributed by atoms with Crippen molar-refractivity contribution in [3.8, 4) is 11.8 Å². The van der Waals surface area contributed by atoms with Crippen LogP contribution < -0.4 is 10.1 Å². The van der Waals surface area contributed by atoms with Crippen molar-refractivity contribution in [2.24, 2.45) is 7.05 Å². The Morgan fingerprint density at radius 3 is 3.10 bits per heavy atom. The molecule has 0 amide bonds. The first-order chi connectivity index (χ1) is 10.2. The van der Waals surface area contributed by atoms with Gasteiger partial charge in [0.2, 0.25) is 0 Å². The Bertz CT molecular complexity index is 618. The van der Waals surface area contributed by atoms with E-state index >= 15 is 0 Å². The molecule has 1 unspecified atom stereocenters. The summed E-state index contributed by atoms with van der Waals surface area (Å²) in [6, 6.07) is 8.91. The van der Waals surface area contributed by atoms with Crippen molar-refractivity contribution < 1.29 is 9.84 Å². The van der Waals surface area contributed by atoms with Crippen molar-refractivity contribution in [2.45, 2.75) is 12.6 Å².